The van der Waals surface area contributed by atoms with Crippen LogP contribution in [0.4, 0.5) is 22.0 Å². The topological polar surface area (TPSA) is 9.23 Å². The lowest BCUT2D eigenvalue weighted by atomic mass is 9.64. The first-order chi connectivity index (χ1) is 18.2. The monoisotopic (exact) mass is 538 g/mol. The zero-order valence-electron chi connectivity index (χ0n) is 23.0. The molecule has 2 aliphatic rings. The molecule has 0 spiro atoms. The second-order valence-electron chi connectivity index (χ2n) is 11.9. The van der Waals surface area contributed by atoms with Gasteiger partial charge in [-0.05, 0) is 73.8 Å². The summed E-state index contributed by atoms with van der Waals surface area (Å²) >= 11 is 0. The van der Waals surface area contributed by atoms with Gasteiger partial charge in [-0.1, -0.05) is 77.3 Å². The van der Waals surface area contributed by atoms with E-state index in [1.807, 2.05) is 6.92 Å². The van der Waals surface area contributed by atoms with Crippen LogP contribution < -0.4 is 4.74 Å². The van der Waals surface area contributed by atoms with E-state index in [0.717, 1.165) is 63.2 Å². The predicted molar refractivity (Wildman–Crippen MR) is 143 cm³/mol. The summed E-state index contributed by atoms with van der Waals surface area (Å²) in [4.78, 5) is 0. The highest BCUT2D eigenvalue weighted by Gasteiger charge is 2.39. The molecule has 6 heteroatoms. The molecule has 0 heterocycles. The van der Waals surface area contributed by atoms with E-state index in [1.54, 1.807) is 0 Å². The van der Waals surface area contributed by atoms with Gasteiger partial charge in [-0.15, -0.1) is 0 Å². The van der Waals surface area contributed by atoms with Crippen molar-refractivity contribution in [1.29, 1.82) is 0 Å². The lowest BCUT2D eigenvalue weighted by Crippen LogP contribution is -2.35. The minimum Gasteiger partial charge on any atom is -0.490 e. The van der Waals surface area contributed by atoms with Crippen molar-refractivity contribution in [2.24, 2.45) is 17.3 Å². The van der Waals surface area contributed by atoms with Gasteiger partial charge in [0.1, 0.15) is 0 Å². The molecule has 2 aromatic rings. The van der Waals surface area contributed by atoms with Gasteiger partial charge < -0.3 is 4.74 Å². The van der Waals surface area contributed by atoms with E-state index in [0.29, 0.717) is 6.42 Å². The number of rotatable bonds is 10. The maximum Gasteiger partial charge on any atom is 0.417 e. The van der Waals surface area contributed by atoms with E-state index in [2.05, 4.69) is 6.92 Å². The Hall–Kier alpha value is -1.85. The zero-order valence-corrected chi connectivity index (χ0v) is 23.0. The Kier molecular flexibility index (Phi) is 9.62. The van der Waals surface area contributed by atoms with Crippen molar-refractivity contribution >= 4 is 10.8 Å². The van der Waals surface area contributed by atoms with Crippen LogP contribution in [0.15, 0.2) is 18.2 Å². The van der Waals surface area contributed by atoms with E-state index in [9.17, 15) is 13.2 Å². The van der Waals surface area contributed by atoms with E-state index in [1.165, 1.54) is 50.3 Å². The van der Waals surface area contributed by atoms with Crippen LogP contribution in [0, 0.1) is 28.9 Å². The average Bonchev–Trinajstić information content (AvgIpc) is 2.90. The fourth-order valence-electron chi connectivity index (χ4n) is 7.20. The predicted octanol–water partition coefficient (Wildman–Crippen LogP) is 10.8. The Morgan fingerprint density at radius 1 is 0.868 bits per heavy atom. The maximum absolute atomic E-state index is 15.3. The first-order valence-corrected chi connectivity index (χ1v) is 14.8. The molecule has 2 aromatic carbocycles. The molecule has 1 nitrogen and oxygen atoms in total. The molecule has 0 amide bonds. The number of unbranched alkanes of at least 4 members (excludes halogenated alkanes) is 2. The molecular formula is C32H43F5O. The van der Waals surface area contributed by atoms with Crippen LogP contribution in [0.3, 0.4) is 0 Å². The average molecular weight is 539 g/mol. The fourth-order valence-corrected chi connectivity index (χ4v) is 7.20. The zero-order chi connectivity index (χ0) is 27.3. The minimum atomic E-state index is -4.78. The van der Waals surface area contributed by atoms with Crippen LogP contribution in [0.1, 0.15) is 115 Å². The summed E-state index contributed by atoms with van der Waals surface area (Å²) in [5.41, 5.74) is -1.14. The van der Waals surface area contributed by atoms with Crippen LogP contribution in [0.2, 0.25) is 0 Å². The number of hydrogen-bond donors (Lipinski definition) is 0. The standard InChI is InChI=1S/C32H43F5O/c1-3-5-7-12-24-13-14-25-20-26(29(33)30(34)27(25)28(24)32(35,36)37)38-21-31(17-4-2)18-15-23(16-19-31)22-10-8-6-9-11-22/h13-14,20,22-23H,3-12,15-19,21H2,1-2H3. The molecule has 0 radical (unpaired) electrons. The molecule has 2 saturated carbocycles. The number of halogens is 5. The van der Waals surface area contributed by atoms with Crippen molar-refractivity contribution in [3.63, 3.8) is 0 Å². The molecule has 0 aromatic heterocycles. The van der Waals surface area contributed by atoms with Crippen LogP contribution in [0.25, 0.3) is 10.8 Å². The summed E-state index contributed by atoms with van der Waals surface area (Å²) in [6.45, 7) is 4.36. The number of aryl methyl sites for hydroxylation is 1. The first kappa shape index (κ1) is 29.1. The molecule has 0 N–H and O–H groups in total. The second kappa shape index (κ2) is 12.6. The molecule has 212 valence electrons. The highest BCUT2D eigenvalue weighted by atomic mass is 19.4. The highest BCUT2D eigenvalue weighted by Crippen LogP contribution is 2.48. The summed E-state index contributed by atoms with van der Waals surface area (Å²) in [5.74, 6) is -1.52. The summed E-state index contributed by atoms with van der Waals surface area (Å²) in [7, 11) is 0. The number of ether oxygens (including phenoxy) is 1. The Labute approximate surface area is 224 Å². The third kappa shape index (κ3) is 6.47. The molecule has 38 heavy (non-hydrogen) atoms. The van der Waals surface area contributed by atoms with Crippen molar-refractivity contribution in [1.82, 2.24) is 0 Å². The molecule has 2 aliphatic carbocycles. The second-order valence-corrected chi connectivity index (χ2v) is 11.9. The third-order valence-electron chi connectivity index (χ3n) is 9.29. The SMILES string of the molecule is CCCCCc1ccc2cc(OCC3(CCC)CCC(C4CCCCC4)CC3)c(F)c(F)c2c1C(F)(F)F. The number of hydrogen-bond acceptors (Lipinski definition) is 1. The van der Waals surface area contributed by atoms with Crippen molar-refractivity contribution in [2.45, 2.75) is 116 Å². The number of benzene rings is 2. The first-order valence-electron chi connectivity index (χ1n) is 14.8. The summed E-state index contributed by atoms with van der Waals surface area (Å²) in [6, 6.07) is 4.14. The normalized spacial score (nSPS) is 23.2. The van der Waals surface area contributed by atoms with Crippen LogP contribution in [-0.2, 0) is 12.6 Å². The van der Waals surface area contributed by atoms with E-state index < -0.39 is 28.8 Å². The summed E-state index contributed by atoms with van der Waals surface area (Å²) in [6.07, 6.45) is 10.4. The number of fused-ring (bicyclic) bond motifs is 1. The Bertz CT molecular complexity index is 1060. The quantitative estimate of drug-likeness (QED) is 0.216. The molecule has 0 bridgehead atoms. The van der Waals surface area contributed by atoms with E-state index >= 15 is 8.78 Å². The summed E-state index contributed by atoms with van der Waals surface area (Å²) in [5, 5.41) is -0.663. The Morgan fingerprint density at radius 2 is 1.55 bits per heavy atom. The van der Waals surface area contributed by atoms with Gasteiger partial charge in [0.05, 0.1) is 12.2 Å². The van der Waals surface area contributed by atoms with Crippen molar-refractivity contribution in [3.8, 4) is 5.75 Å². The molecule has 0 atom stereocenters. The smallest absolute Gasteiger partial charge is 0.417 e. The maximum atomic E-state index is 15.3. The van der Waals surface area contributed by atoms with Crippen molar-refractivity contribution in [2.75, 3.05) is 6.61 Å². The van der Waals surface area contributed by atoms with Gasteiger partial charge >= 0.3 is 6.18 Å². The molecule has 2 fully saturated rings. The molecule has 0 aliphatic heterocycles. The lowest BCUT2D eigenvalue weighted by Gasteiger charge is -2.43. The van der Waals surface area contributed by atoms with Gasteiger partial charge in [0.2, 0.25) is 5.82 Å². The fraction of sp³-hybridized carbons (Fsp3) is 0.688. The van der Waals surface area contributed by atoms with Gasteiger partial charge in [0.25, 0.3) is 0 Å². The van der Waals surface area contributed by atoms with Crippen LogP contribution in [-0.4, -0.2) is 6.61 Å². The molecule has 0 unspecified atom stereocenters. The van der Waals surface area contributed by atoms with Crippen LogP contribution >= 0.6 is 0 Å². The largest absolute Gasteiger partial charge is 0.490 e. The molecule has 4 rings (SSSR count). The van der Waals surface area contributed by atoms with Gasteiger partial charge in [-0.25, -0.2) is 4.39 Å². The van der Waals surface area contributed by atoms with Crippen molar-refractivity contribution < 1.29 is 26.7 Å². The number of alkyl halides is 3. The Balaban J connectivity index is 1.56. The van der Waals surface area contributed by atoms with Crippen molar-refractivity contribution in [3.05, 3.63) is 41.0 Å². The van der Waals surface area contributed by atoms with Crippen LogP contribution in [0.5, 0.6) is 5.75 Å². The van der Waals surface area contributed by atoms with E-state index in [-0.39, 0.29) is 35.1 Å². The van der Waals surface area contributed by atoms with Gasteiger partial charge in [-0.3, -0.25) is 0 Å². The molecular weight excluding hydrogens is 495 g/mol. The van der Waals surface area contributed by atoms with E-state index in [4.69, 9.17) is 4.74 Å². The van der Waals surface area contributed by atoms with Gasteiger partial charge in [0, 0.05) is 10.8 Å². The minimum absolute atomic E-state index is 0.0158. The Morgan fingerprint density at radius 3 is 2.18 bits per heavy atom. The third-order valence-corrected chi connectivity index (χ3v) is 9.29. The molecule has 0 saturated heterocycles. The summed E-state index contributed by atoms with van der Waals surface area (Å²) < 4.78 is 78.7. The van der Waals surface area contributed by atoms with Gasteiger partial charge in [-0.2, -0.15) is 17.6 Å². The highest BCUT2D eigenvalue weighted by molar-refractivity contribution is 5.89. The van der Waals surface area contributed by atoms with Gasteiger partial charge in [0.15, 0.2) is 11.6 Å². The lowest BCUT2D eigenvalue weighted by molar-refractivity contribution is -0.137.